The second-order valence-corrected chi connectivity index (χ2v) is 6.84. The molecule has 26 heavy (non-hydrogen) atoms. The fourth-order valence-electron chi connectivity index (χ4n) is 3.50. The third kappa shape index (κ3) is 3.43. The molecule has 0 bridgehead atoms. The first-order chi connectivity index (χ1) is 12.7. The van der Waals surface area contributed by atoms with Crippen molar-refractivity contribution in [1.82, 2.24) is 20.2 Å². The Morgan fingerprint density at radius 1 is 1.23 bits per heavy atom. The zero-order valence-corrected chi connectivity index (χ0v) is 14.3. The summed E-state index contributed by atoms with van der Waals surface area (Å²) in [6.07, 6.45) is 3.99. The summed E-state index contributed by atoms with van der Waals surface area (Å²) in [5.74, 6) is 1.15. The number of aromatic nitrogens is 4. The molecule has 1 saturated carbocycles. The topological polar surface area (TPSA) is 94.0 Å². The molecule has 0 amide bonds. The van der Waals surface area contributed by atoms with Crippen LogP contribution in [0.1, 0.15) is 35.5 Å². The highest BCUT2D eigenvalue weighted by molar-refractivity contribution is 5.94. The van der Waals surface area contributed by atoms with Crippen LogP contribution >= 0.6 is 0 Å². The Bertz CT molecular complexity index is 881. The maximum atomic E-state index is 12.4. The molecular weight excluding hydrogens is 332 g/mol. The van der Waals surface area contributed by atoms with Crippen LogP contribution in [-0.4, -0.2) is 31.0 Å². The third-order valence-electron chi connectivity index (χ3n) is 4.95. The van der Waals surface area contributed by atoms with Crippen molar-refractivity contribution in [3.05, 3.63) is 54.0 Å². The molecule has 1 aromatic carbocycles. The molecule has 0 aliphatic heterocycles. The number of benzene rings is 1. The van der Waals surface area contributed by atoms with E-state index in [2.05, 4.69) is 15.5 Å². The standard InChI is InChI=1S/C19H20N4O3/c24-12-16-10-20-22-23(16)11-14-6-13(7-14)8-18(25)19-9-17(21-26-19)15-4-2-1-3-5-15/h1-5,9-10,13-14,24H,6-8,11-12H2. The van der Waals surface area contributed by atoms with Crippen LogP contribution in [0.25, 0.3) is 11.3 Å². The summed E-state index contributed by atoms with van der Waals surface area (Å²) in [5, 5.41) is 21.0. The molecule has 0 spiro atoms. The van der Waals surface area contributed by atoms with E-state index in [9.17, 15) is 9.90 Å². The SMILES string of the molecule is O=C(CC1CC(Cn2nncc2CO)C1)c1cc(-c2ccccc2)no1. The number of nitrogens with zero attached hydrogens (tertiary/aromatic N) is 4. The van der Waals surface area contributed by atoms with Gasteiger partial charge < -0.3 is 9.63 Å². The highest BCUT2D eigenvalue weighted by Crippen LogP contribution is 2.38. The van der Waals surface area contributed by atoms with E-state index in [0.29, 0.717) is 29.7 Å². The van der Waals surface area contributed by atoms with E-state index >= 15 is 0 Å². The fourth-order valence-corrected chi connectivity index (χ4v) is 3.50. The summed E-state index contributed by atoms with van der Waals surface area (Å²) in [6, 6.07) is 11.4. The Morgan fingerprint density at radius 3 is 2.81 bits per heavy atom. The lowest BCUT2D eigenvalue weighted by molar-refractivity contribution is 0.0839. The molecule has 0 radical (unpaired) electrons. The number of Topliss-reactive ketones (excluding diaryl/α,β-unsaturated/α-hetero) is 1. The van der Waals surface area contributed by atoms with Crippen molar-refractivity contribution in [2.45, 2.75) is 32.4 Å². The van der Waals surface area contributed by atoms with Crippen molar-refractivity contribution in [3.8, 4) is 11.3 Å². The highest BCUT2D eigenvalue weighted by Gasteiger charge is 2.32. The minimum atomic E-state index is -0.0587. The van der Waals surface area contributed by atoms with Crippen LogP contribution in [-0.2, 0) is 13.2 Å². The summed E-state index contributed by atoms with van der Waals surface area (Å²) in [6.45, 7) is 0.678. The molecule has 0 saturated heterocycles. The van der Waals surface area contributed by atoms with Crippen molar-refractivity contribution in [2.75, 3.05) is 0 Å². The van der Waals surface area contributed by atoms with Crippen molar-refractivity contribution in [2.24, 2.45) is 11.8 Å². The van der Waals surface area contributed by atoms with E-state index in [1.807, 2.05) is 30.3 Å². The number of carbonyl (C=O) groups excluding carboxylic acids is 1. The van der Waals surface area contributed by atoms with Gasteiger partial charge in [0.2, 0.25) is 11.5 Å². The minimum Gasteiger partial charge on any atom is -0.390 e. The van der Waals surface area contributed by atoms with E-state index in [-0.39, 0.29) is 12.4 Å². The number of hydrogen-bond donors (Lipinski definition) is 1. The average Bonchev–Trinajstić information content (AvgIpc) is 3.30. The molecule has 4 rings (SSSR count). The highest BCUT2D eigenvalue weighted by atomic mass is 16.5. The van der Waals surface area contributed by atoms with Gasteiger partial charge in [-0.25, -0.2) is 4.68 Å². The van der Waals surface area contributed by atoms with Crippen molar-refractivity contribution < 1.29 is 14.4 Å². The van der Waals surface area contributed by atoms with Gasteiger partial charge in [0.25, 0.3) is 0 Å². The van der Waals surface area contributed by atoms with Crippen LogP contribution in [0.15, 0.2) is 47.1 Å². The van der Waals surface area contributed by atoms with Crippen LogP contribution < -0.4 is 0 Å². The summed E-state index contributed by atoms with van der Waals surface area (Å²) in [4.78, 5) is 12.4. The third-order valence-corrected chi connectivity index (χ3v) is 4.95. The van der Waals surface area contributed by atoms with Gasteiger partial charge >= 0.3 is 0 Å². The van der Waals surface area contributed by atoms with E-state index in [0.717, 1.165) is 30.6 Å². The molecule has 1 fully saturated rings. The molecule has 134 valence electrons. The number of ketones is 1. The molecule has 0 atom stereocenters. The van der Waals surface area contributed by atoms with Crippen LogP contribution in [0.4, 0.5) is 0 Å². The van der Waals surface area contributed by atoms with Gasteiger partial charge in [-0.2, -0.15) is 0 Å². The predicted molar refractivity (Wildman–Crippen MR) is 93.0 cm³/mol. The van der Waals surface area contributed by atoms with Gasteiger partial charge in [0.05, 0.1) is 18.5 Å². The van der Waals surface area contributed by atoms with Gasteiger partial charge in [0.15, 0.2) is 0 Å². The Balaban J connectivity index is 1.29. The zero-order chi connectivity index (χ0) is 17.9. The normalized spacial score (nSPS) is 19.3. The molecule has 7 nitrogen and oxygen atoms in total. The molecule has 1 aliphatic carbocycles. The molecule has 2 aromatic heterocycles. The lowest BCUT2D eigenvalue weighted by atomic mass is 9.72. The lowest BCUT2D eigenvalue weighted by Crippen LogP contribution is -2.30. The predicted octanol–water partition coefficient (Wildman–Crippen LogP) is 2.72. The van der Waals surface area contributed by atoms with Crippen LogP contribution in [0.3, 0.4) is 0 Å². The minimum absolute atomic E-state index is 0.0000609. The van der Waals surface area contributed by atoms with Crippen molar-refractivity contribution in [3.63, 3.8) is 0 Å². The van der Waals surface area contributed by atoms with Crippen LogP contribution in [0.2, 0.25) is 0 Å². The Morgan fingerprint density at radius 2 is 2.04 bits per heavy atom. The summed E-state index contributed by atoms with van der Waals surface area (Å²) in [7, 11) is 0. The summed E-state index contributed by atoms with van der Waals surface area (Å²) >= 11 is 0. The van der Waals surface area contributed by atoms with Crippen molar-refractivity contribution in [1.29, 1.82) is 0 Å². The molecule has 1 N–H and O–H groups in total. The smallest absolute Gasteiger partial charge is 0.203 e. The van der Waals surface area contributed by atoms with E-state index in [4.69, 9.17) is 4.52 Å². The first-order valence-electron chi connectivity index (χ1n) is 8.76. The molecule has 0 unspecified atom stereocenters. The monoisotopic (exact) mass is 352 g/mol. The van der Waals surface area contributed by atoms with E-state index in [1.165, 1.54) is 0 Å². The maximum Gasteiger partial charge on any atom is 0.203 e. The van der Waals surface area contributed by atoms with Crippen LogP contribution in [0.5, 0.6) is 0 Å². The molecular formula is C19H20N4O3. The Hall–Kier alpha value is -2.80. The number of carbonyl (C=O) groups is 1. The second-order valence-electron chi connectivity index (χ2n) is 6.84. The fraction of sp³-hybridized carbons (Fsp3) is 0.368. The molecule has 3 aromatic rings. The summed E-state index contributed by atoms with van der Waals surface area (Å²) in [5.41, 5.74) is 2.34. The largest absolute Gasteiger partial charge is 0.390 e. The first-order valence-corrected chi connectivity index (χ1v) is 8.76. The van der Waals surface area contributed by atoms with E-state index < -0.39 is 0 Å². The Kier molecular flexibility index (Phi) is 4.62. The van der Waals surface area contributed by atoms with Gasteiger partial charge in [-0.15, -0.1) is 5.10 Å². The van der Waals surface area contributed by atoms with Crippen molar-refractivity contribution >= 4 is 5.78 Å². The van der Waals surface area contributed by atoms with Gasteiger partial charge in [0.1, 0.15) is 5.69 Å². The molecule has 2 heterocycles. The first kappa shape index (κ1) is 16.7. The number of hydrogen-bond acceptors (Lipinski definition) is 6. The average molecular weight is 352 g/mol. The number of rotatable bonds is 7. The molecule has 7 heteroatoms. The lowest BCUT2D eigenvalue weighted by Gasteiger charge is -2.34. The van der Waals surface area contributed by atoms with Gasteiger partial charge in [-0.1, -0.05) is 40.7 Å². The Labute approximate surface area is 150 Å². The number of aliphatic hydroxyl groups excluding tert-OH is 1. The zero-order valence-electron chi connectivity index (χ0n) is 14.3. The quantitative estimate of drug-likeness (QED) is 0.657. The van der Waals surface area contributed by atoms with Gasteiger partial charge in [0, 0.05) is 24.6 Å². The summed E-state index contributed by atoms with van der Waals surface area (Å²) < 4.78 is 6.98. The van der Waals surface area contributed by atoms with Crippen LogP contribution in [0, 0.1) is 11.8 Å². The number of aliphatic hydroxyl groups is 1. The van der Waals surface area contributed by atoms with Gasteiger partial charge in [-0.3, -0.25) is 4.79 Å². The van der Waals surface area contributed by atoms with E-state index in [1.54, 1.807) is 16.9 Å². The second kappa shape index (κ2) is 7.21. The molecule has 1 aliphatic rings. The van der Waals surface area contributed by atoms with Gasteiger partial charge in [-0.05, 0) is 24.7 Å². The maximum absolute atomic E-state index is 12.4.